The van der Waals surface area contributed by atoms with Gasteiger partial charge < -0.3 is 19.3 Å². The van der Waals surface area contributed by atoms with Crippen LogP contribution in [0.1, 0.15) is 122 Å². The van der Waals surface area contributed by atoms with Gasteiger partial charge in [-0.25, -0.2) is 4.68 Å². The first-order valence-electron chi connectivity index (χ1n) is 15.0. The number of hydrogen-bond acceptors (Lipinski definition) is 9. The Morgan fingerprint density at radius 1 is 0.795 bits per heavy atom. The van der Waals surface area contributed by atoms with Crippen LogP contribution in [-0.4, -0.2) is 63.9 Å². The molecule has 0 aliphatic heterocycles. The minimum atomic E-state index is -0.681. The molecule has 1 heterocycles. The van der Waals surface area contributed by atoms with Crippen molar-refractivity contribution in [3.63, 3.8) is 0 Å². The van der Waals surface area contributed by atoms with Crippen LogP contribution in [0, 0.1) is 0 Å². The molecule has 1 aromatic rings. The molecule has 1 unspecified atom stereocenters. The lowest BCUT2D eigenvalue weighted by atomic mass is 10.1. The predicted octanol–water partition coefficient (Wildman–Crippen LogP) is 5.09. The maximum absolute atomic E-state index is 12.5. The summed E-state index contributed by atoms with van der Waals surface area (Å²) in [6, 6.07) is 0. The molecule has 1 rings (SSSR count). The molecule has 39 heavy (non-hydrogen) atoms. The average molecular weight is 554 g/mol. The third kappa shape index (κ3) is 19.3. The first-order chi connectivity index (χ1) is 19.0. The van der Waals surface area contributed by atoms with Gasteiger partial charge in [-0.2, -0.15) is 0 Å². The minimum Gasteiger partial charge on any atom is -0.463 e. The molecule has 0 radical (unpaired) electrons. The lowest BCUT2D eigenvalue weighted by molar-refractivity contribution is -0.160. The molecule has 0 aromatic carbocycles. The van der Waals surface area contributed by atoms with Gasteiger partial charge in [0.15, 0.2) is 6.10 Å². The molecule has 1 N–H and O–H groups in total. The van der Waals surface area contributed by atoms with Crippen molar-refractivity contribution in [1.29, 1.82) is 0 Å². The van der Waals surface area contributed by atoms with Gasteiger partial charge in [-0.1, -0.05) is 89.7 Å². The highest BCUT2D eigenvalue weighted by Gasteiger charge is 2.19. The number of hydrogen-bond donors (Lipinski definition) is 1. The molecule has 0 amide bonds. The molecule has 224 valence electrons. The Hall–Kier alpha value is -2.49. The van der Waals surface area contributed by atoms with Gasteiger partial charge in [0.05, 0.1) is 25.3 Å². The molecule has 1 atom stereocenters. The number of esters is 3. The smallest absolute Gasteiger partial charge is 0.306 e. The third-order valence-corrected chi connectivity index (χ3v) is 6.36. The number of nitrogens with zero attached hydrogens (tertiary/aromatic N) is 3. The van der Waals surface area contributed by atoms with Crippen molar-refractivity contribution < 1.29 is 33.7 Å². The maximum Gasteiger partial charge on any atom is 0.306 e. The van der Waals surface area contributed by atoms with Crippen molar-refractivity contribution in [3.05, 3.63) is 11.9 Å². The molecule has 0 saturated heterocycles. The van der Waals surface area contributed by atoms with E-state index in [9.17, 15) is 14.4 Å². The number of carbonyl (C=O) groups is 3. The third-order valence-electron chi connectivity index (χ3n) is 6.36. The monoisotopic (exact) mass is 553 g/mol. The van der Waals surface area contributed by atoms with Gasteiger partial charge in [-0.3, -0.25) is 14.4 Å². The summed E-state index contributed by atoms with van der Waals surface area (Å²) in [7, 11) is 0. The van der Waals surface area contributed by atoms with Crippen molar-refractivity contribution in [3.8, 4) is 0 Å². The van der Waals surface area contributed by atoms with Crippen LogP contribution in [0.4, 0.5) is 0 Å². The molecule has 0 saturated carbocycles. The number of aromatic nitrogens is 3. The van der Waals surface area contributed by atoms with E-state index < -0.39 is 12.1 Å². The van der Waals surface area contributed by atoms with E-state index in [4.69, 9.17) is 19.3 Å². The number of ether oxygens (including phenoxy) is 3. The van der Waals surface area contributed by atoms with E-state index in [-0.39, 0.29) is 44.7 Å². The van der Waals surface area contributed by atoms with Gasteiger partial charge in [0, 0.05) is 25.5 Å². The summed E-state index contributed by atoms with van der Waals surface area (Å²) in [6.07, 6.45) is 16.4. The van der Waals surface area contributed by atoms with E-state index in [0.717, 1.165) is 38.5 Å². The molecular formula is C29H51N3O7. The van der Waals surface area contributed by atoms with E-state index in [0.29, 0.717) is 25.0 Å². The Bertz CT molecular complexity index is 785. The Morgan fingerprint density at radius 2 is 1.36 bits per heavy atom. The van der Waals surface area contributed by atoms with Crippen LogP contribution in [-0.2, 0) is 41.6 Å². The van der Waals surface area contributed by atoms with Crippen molar-refractivity contribution in [2.45, 2.75) is 136 Å². The standard InChI is InChI=1S/C29H51N3O7/c1-3-5-7-9-11-13-15-17-29(36)39-26(24-38-27(34)16-14-12-10-8-6-4-2)23-32-22-25(30-31-32)18-19-28(35)37-21-20-33/h22,26,33H,3-21,23-24H2,1-2H3. The largest absolute Gasteiger partial charge is 0.463 e. The fourth-order valence-electron chi connectivity index (χ4n) is 4.12. The van der Waals surface area contributed by atoms with E-state index in [1.165, 1.54) is 49.6 Å². The van der Waals surface area contributed by atoms with Crippen LogP contribution >= 0.6 is 0 Å². The van der Waals surface area contributed by atoms with E-state index >= 15 is 0 Å². The second-order valence-corrected chi connectivity index (χ2v) is 10.1. The zero-order valence-corrected chi connectivity index (χ0v) is 24.2. The minimum absolute atomic E-state index is 0.0327. The number of carbonyl (C=O) groups excluding carboxylic acids is 3. The molecular weight excluding hydrogens is 502 g/mol. The molecule has 0 fully saturated rings. The van der Waals surface area contributed by atoms with Crippen LogP contribution < -0.4 is 0 Å². The van der Waals surface area contributed by atoms with Crippen LogP contribution in [0.2, 0.25) is 0 Å². The molecule has 0 aliphatic rings. The molecule has 10 nitrogen and oxygen atoms in total. The Labute approximate surface area is 234 Å². The topological polar surface area (TPSA) is 130 Å². The summed E-state index contributed by atoms with van der Waals surface area (Å²) in [4.78, 5) is 36.4. The van der Waals surface area contributed by atoms with Gasteiger partial charge in [-0.05, 0) is 12.8 Å². The Morgan fingerprint density at radius 3 is 1.97 bits per heavy atom. The molecule has 1 aromatic heterocycles. The molecule has 10 heteroatoms. The normalized spacial score (nSPS) is 11.8. The summed E-state index contributed by atoms with van der Waals surface area (Å²) < 4.78 is 17.5. The average Bonchev–Trinajstić information content (AvgIpc) is 3.38. The fourth-order valence-corrected chi connectivity index (χ4v) is 4.12. The van der Waals surface area contributed by atoms with Gasteiger partial charge in [-0.15, -0.1) is 5.10 Å². The van der Waals surface area contributed by atoms with Crippen LogP contribution in [0.3, 0.4) is 0 Å². The summed E-state index contributed by atoms with van der Waals surface area (Å²) in [5.74, 6) is -1.03. The second-order valence-electron chi connectivity index (χ2n) is 10.1. The van der Waals surface area contributed by atoms with Gasteiger partial charge in [0.1, 0.15) is 13.2 Å². The fraction of sp³-hybridized carbons (Fsp3) is 0.828. The first-order valence-corrected chi connectivity index (χ1v) is 15.0. The van der Waals surface area contributed by atoms with Crippen molar-refractivity contribution in [2.75, 3.05) is 19.8 Å². The summed E-state index contributed by atoms with van der Waals surface area (Å²) in [6.45, 7) is 4.26. The van der Waals surface area contributed by atoms with Gasteiger partial charge in [0.25, 0.3) is 0 Å². The van der Waals surface area contributed by atoms with Crippen molar-refractivity contribution in [1.82, 2.24) is 15.0 Å². The second kappa shape index (κ2) is 23.4. The summed E-state index contributed by atoms with van der Waals surface area (Å²) in [5.41, 5.74) is 0.587. The zero-order valence-electron chi connectivity index (χ0n) is 24.2. The number of unbranched alkanes of at least 4 members (excludes halogenated alkanes) is 11. The molecule has 0 spiro atoms. The highest BCUT2D eigenvalue weighted by Crippen LogP contribution is 2.12. The highest BCUT2D eigenvalue weighted by atomic mass is 16.6. The number of aliphatic hydroxyl groups is 1. The number of rotatable bonds is 25. The lowest BCUT2D eigenvalue weighted by Gasteiger charge is -2.18. The van der Waals surface area contributed by atoms with Gasteiger partial charge >= 0.3 is 17.9 Å². The maximum atomic E-state index is 12.5. The lowest BCUT2D eigenvalue weighted by Crippen LogP contribution is -2.30. The van der Waals surface area contributed by atoms with Crippen molar-refractivity contribution >= 4 is 17.9 Å². The Kier molecular flexibility index (Phi) is 20.7. The van der Waals surface area contributed by atoms with Crippen LogP contribution in [0.15, 0.2) is 6.20 Å². The SMILES string of the molecule is CCCCCCCCCC(=O)OC(COC(=O)CCCCCCCC)Cn1cc(CCC(=O)OCCO)nn1. The summed E-state index contributed by atoms with van der Waals surface area (Å²) >= 11 is 0. The van der Waals surface area contributed by atoms with Crippen molar-refractivity contribution in [2.24, 2.45) is 0 Å². The van der Waals surface area contributed by atoms with Crippen LogP contribution in [0.5, 0.6) is 0 Å². The first kappa shape index (κ1) is 34.5. The predicted molar refractivity (Wildman–Crippen MR) is 148 cm³/mol. The Balaban J connectivity index is 2.53. The van der Waals surface area contributed by atoms with Gasteiger partial charge in [0.2, 0.25) is 0 Å². The summed E-state index contributed by atoms with van der Waals surface area (Å²) in [5, 5.41) is 16.9. The zero-order chi connectivity index (χ0) is 28.6. The number of aryl methyl sites for hydroxylation is 1. The molecule has 0 bridgehead atoms. The van der Waals surface area contributed by atoms with E-state index in [2.05, 4.69) is 24.2 Å². The highest BCUT2D eigenvalue weighted by molar-refractivity contribution is 5.70. The van der Waals surface area contributed by atoms with E-state index in [1.807, 2.05) is 0 Å². The van der Waals surface area contributed by atoms with Crippen LogP contribution in [0.25, 0.3) is 0 Å². The van der Waals surface area contributed by atoms with E-state index in [1.54, 1.807) is 6.20 Å². The number of aliphatic hydroxyl groups excluding tert-OH is 1. The molecule has 0 aliphatic carbocycles. The quantitative estimate of drug-likeness (QED) is 0.0999.